The van der Waals surface area contributed by atoms with Crippen molar-refractivity contribution < 1.29 is 4.39 Å². The molecule has 2 nitrogen and oxygen atoms in total. The Hall–Kier alpha value is 0.140. The van der Waals surface area contributed by atoms with Gasteiger partial charge in [0.15, 0.2) is 0 Å². The van der Waals surface area contributed by atoms with E-state index in [0.29, 0.717) is 12.6 Å². The van der Waals surface area contributed by atoms with Gasteiger partial charge in [0.05, 0.1) is 0 Å². The van der Waals surface area contributed by atoms with Crippen LogP contribution in [0, 0.1) is 0 Å². The van der Waals surface area contributed by atoms with Crippen molar-refractivity contribution >= 4 is 12.4 Å². The molecule has 13 heavy (non-hydrogen) atoms. The monoisotopic (exact) mass is 208 g/mol. The lowest BCUT2D eigenvalue weighted by Gasteiger charge is -2.24. The van der Waals surface area contributed by atoms with Crippen molar-refractivity contribution in [1.29, 1.82) is 0 Å². The van der Waals surface area contributed by atoms with E-state index >= 15 is 0 Å². The molecule has 2 fully saturated rings. The molecule has 0 amide bonds. The minimum atomic E-state index is -0.822. The average molecular weight is 209 g/mol. The maximum absolute atomic E-state index is 13.3. The smallest absolute Gasteiger partial charge is 0.123 e. The van der Waals surface area contributed by atoms with Gasteiger partial charge in [0.2, 0.25) is 0 Å². The van der Waals surface area contributed by atoms with Gasteiger partial charge in [-0.3, -0.25) is 4.90 Å². The van der Waals surface area contributed by atoms with E-state index in [9.17, 15) is 4.39 Å². The number of hydrogen-bond donors (Lipinski definition) is 1. The summed E-state index contributed by atoms with van der Waals surface area (Å²) in [6.45, 7) is 2.76. The molecule has 1 aliphatic carbocycles. The Morgan fingerprint density at radius 2 is 2.23 bits per heavy atom. The lowest BCUT2D eigenvalue weighted by molar-refractivity contribution is 0.167. The normalized spacial score (nSPS) is 30.2. The first-order valence-corrected chi connectivity index (χ1v) is 4.79. The van der Waals surface area contributed by atoms with Crippen LogP contribution in [0.1, 0.15) is 19.3 Å². The molecule has 1 atom stereocenters. The molecule has 0 aromatic rings. The van der Waals surface area contributed by atoms with Crippen molar-refractivity contribution in [2.75, 3.05) is 26.7 Å². The average Bonchev–Trinajstić information content (AvgIpc) is 2.55. The first-order valence-electron chi connectivity index (χ1n) is 4.79. The van der Waals surface area contributed by atoms with E-state index in [2.05, 4.69) is 10.2 Å². The van der Waals surface area contributed by atoms with Crippen LogP contribution in [0.4, 0.5) is 4.39 Å². The third-order valence-electron chi connectivity index (χ3n) is 2.98. The fourth-order valence-electron chi connectivity index (χ4n) is 1.89. The van der Waals surface area contributed by atoms with Gasteiger partial charge in [-0.1, -0.05) is 0 Å². The largest absolute Gasteiger partial charge is 0.315 e. The molecule has 1 N–H and O–H groups in total. The Morgan fingerprint density at radius 3 is 2.69 bits per heavy atom. The van der Waals surface area contributed by atoms with Gasteiger partial charge >= 0.3 is 0 Å². The van der Waals surface area contributed by atoms with Crippen LogP contribution in [0.2, 0.25) is 0 Å². The zero-order valence-electron chi connectivity index (χ0n) is 8.05. The fraction of sp³-hybridized carbons (Fsp3) is 1.00. The standard InChI is InChI=1S/C9H17FN2.ClH/c1-12(7-9(10)3-4-9)8-2-5-11-6-8;/h8,11H,2-7H2,1H3;1H. The highest BCUT2D eigenvalue weighted by molar-refractivity contribution is 5.85. The summed E-state index contributed by atoms with van der Waals surface area (Å²) in [5.41, 5.74) is -0.822. The van der Waals surface area contributed by atoms with Crippen LogP contribution < -0.4 is 5.32 Å². The molecule has 1 saturated carbocycles. The quantitative estimate of drug-likeness (QED) is 0.750. The lowest BCUT2D eigenvalue weighted by atomic mass is 10.2. The summed E-state index contributed by atoms with van der Waals surface area (Å²) in [7, 11) is 2.04. The molecule has 2 aliphatic rings. The maximum Gasteiger partial charge on any atom is 0.123 e. The molecule has 78 valence electrons. The molecule has 1 saturated heterocycles. The molecule has 0 aromatic carbocycles. The number of nitrogens with one attached hydrogen (secondary N) is 1. The summed E-state index contributed by atoms with van der Waals surface area (Å²) in [6, 6.07) is 0.568. The number of nitrogens with zero attached hydrogens (tertiary/aromatic N) is 1. The van der Waals surface area contributed by atoms with E-state index in [-0.39, 0.29) is 12.4 Å². The third-order valence-corrected chi connectivity index (χ3v) is 2.98. The predicted molar refractivity (Wildman–Crippen MR) is 54.2 cm³/mol. The summed E-state index contributed by atoms with van der Waals surface area (Å²) in [4.78, 5) is 2.17. The van der Waals surface area contributed by atoms with E-state index < -0.39 is 5.67 Å². The zero-order chi connectivity index (χ0) is 8.60. The van der Waals surface area contributed by atoms with Crippen molar-refractivity contribution in [3.63, 3.8) is 0 Å². The van der Waals surface area contributed by atoms with Crippen LogP contribution in [-0.4, -0.2) is 43.3 Å². The van der Waals surface area contributed by atoms with E-state index in [1.807, 2.05) is 7.05 Å². The van der Waals surface area contributed by atoms with Gasteiger partial charge in [-0.15, -0.1) is 12.4 Å². The second kappa shape index (κ2) is 4.11. The van der Waals surface area contributed by atoms with Gasteiger partial charge in [-0.25, -0.2) is 4.39 Å². The van der Waals surface area contributed by atoms with Crippen LogP contribution in [-0.2, 0) is 0 Å². The fourth-order valence-corrected chi connectivity index (χ4v) is 1.89. The van der Waals surface area contributed by atoms with Crippen molar-refractivity contribution in [3.05, 3.63) is 0 Å². The lowest BCUT2D eigenvalue weighted by Crippen LogP contribution is -2.38. The van der Waals surface area contributed by atoms with Gasteiger partial charge in [-0.2, -0.15) is 0 Å². The molecule has 1 unspecified atom stereocenters. The van der Waals surface area contributed by atoms with Crippen LogP contribution in [0.3, 0.4) is 0 Å². The van der Waals surface area contributed by atoms with Gasteiger partial charge in [-0.05, 0) is 32.9 Å². The van der Waals surface area contributed by atoms with E-state index in [0.717, 1.165) is 25.9 Å². The number of halogens is 2. The van der Waals surface area contributed by atoms with Crippen LogP contribution in [0.15, 0.2) is 0 Å². The van der Waals surface area contributed by atoms with Gasteiger partial charge in [0.25, 0.3) is 0 Å². The molecule has 0 aromatic heterocycles. The topological polar surface area (TPSA) is 15.3 Å². The third kappa shape index (κ3) is 2.79. The first kappa shape index (κ1) is 11.2. The molecule has 0 spiro atoms. The zero-order valence-corrected chi connectivity index (χ0v) is 8.87. The van der Waals surface area contributed by atoms with Crippen molar-refractivity contribution in [2.45, 2.75) is 31.0 Å². The molecule has 1 aliphatic heterocycles. The SMILES string of the molecule is CN(CC1(F)CC1)C1CCNC1.Cl. The first-order chi connectivity index (χ1) is 5.70. The molecule has 0 radical (unpaired) electrons. The van der Waals surface area contributed by atoms with Gasteiger partial charge < -0.3 is 5.32 Å². The number of rotatable bonds is 3. The summed E-state index contributed by atoms with van der Waals surface area (Å²) in [5.74, 6) is 0. The Morgan fingerprint density at radius 1 is 1.54 bits per heavy atom. The Bertz CT molecular complexity index is 167. The second-order valence-electron chi connectivity index (χ2n) is 4.21. The Balaban J connectivity index is 0.000000845. The van der Waals surface area contributed by atoms with Gasteiger partial charge in [0.1, 0.15) is 5.67 Å². The van der Waals surface area contributed by atoms with Crippen molar-refractivity contribution in [1.82, 2.24) is 10.2 Å². The summed E-state index contributed by atoms with van der Waals surface area (Å²) in [6.07, 6.45) is 2.72. The molecular weight excluding hydrogens is 191 g/mol. The van der Waals surface area contributed by atoms with E-state index in [1.165, 1.54) is 6.42 Å². The molecule has 4 heteroatoms. The number of alkyl halides is 1. The number of hydrogen-bond acceptors (Lipinski definition) is 2. The molecule has 2 rings (SSSR count). The summed E-state index contributed by atoms with van der Waals surface area (Å²) in [5, 5.41) is 3.30. The summed E-state index contributed by atoms with van der Waals surface area (Å²) < 4.78 is 13.3. The highest BCUT2D eigenvalue weighted by Crippen LogP contribution is 2.40. The maximum atomic E-state index is 13.3. The highest BCUT2D eigenvalue weighted by Gasteiger charge is 2.44. The second-order valence-corrected chi connectivity index (χ2v) is 4.21. The van der Waals surface area contributed by atoms with Crippen LogP contribution in [0.25, 0.3) is 0 Å². The minimum absolute atomic E-state index is 0. The molecule has 1 heterocycles. The molecule has 0 bridgehead atoms. The van der Waals surface area contributed by atoms with E-state index in [1.54, 1.807) is 0 Å². The van der Waals surface area contributed by atoms with E-state index in [4.69, 9.17) is 0 Å². The Kier molecular flexibility index (Phi) is 3.55. The minimum Gasteiger partial charge on any atom is -0.315 e. The number of likely N-dealkylation sites (N-methyl/N-ethyl adjacent to an activating group) is 1. The van der Waals surface area contributed by atoms with Crippen molar-refractivity contribution in [2.24, 2.45) is 0 Å². The van der Waals surface area contributed by atoms with Crippen LogP contribution in [0.5, 0.6) is 0 Å². The highest BCUT2D eigenvalue weighted by atomic mass is 35.5. The van der Waals surface area contributed by atoms with Crippen LogP contribution >= 0.6 is 12.4 Å². The Labute approximate surface area is 85.3 Å². The van der Waals surface area contributed by atoms with Crippen molar-refractivity contribution in [3.8, 4) is 0 Å². The van der Waals surface area contributed by atoms with Gasteiger partial charge in [0, 0.05) is 19.1 Å². The predicted octanol–water partition coefficient (Wildman–Crippen LogP) is 1.20. The molecular formula is C9H18ClFN2. The summed E-state index contributed by atoms with van der Waals surface area (Å²) >= 11 is 0.